The Labute approximate surface area is 229 Å². The van der Waals surface area contributed by atoms with E-state index in [9.17, 15) is 9.59 Å². The average molecular weight is 522 g/mol. The lowest BCUT2D eigenvalue weighted by molar-refractivity contribution is -0.120. The van der Waals surface area contributed by atoms with Crippen LogP contribution in [0.4, 0.5) is 11.4 Å². The molecule has 4 aromatic rings. The zero-order valence-corrected chi connectivity index (χ0v) is 22.5. The molecule has 0 bridgehead atoms. The summed E-state index contributed by atoms with van der Waals surface area (Å²) in [4.78, 5) is 26.1. The Morgan fingerprint density at radius 1 is 0.684 bits per heavy atom. The van der Waals surface area contributed by atoms with Gasteiger partial charge in [0.1, 0.15) is 0 Å². The minimum absolute atomic E-state index is 0.0189. The van der Waals surface area contributed by atoms with E-state index < -0.39 is 5.92 Å². The second-order valence-electron chi connectivity index (χ2n) is 10.1. The second kappa shape index (κ2) is 11.8. The van der Waals surface area contributed by atoms with Gasteiger partial charge in [0.05, 0.1) is 5.92 Å². The molecule has 0 aliphatic carbocycles. The van der Waals surface area contributed by atoms with Crippen LogP contribution in [0, 0.1) is 0 Å². The van der Waals surface area contributed by atoms with E-state index in [1.54, 1.807) is 12.1 Å². The number of carbonyl (C=O) groups is 2. The van der Waals surface area contributed by atoms with Crippen LogP contribution in [0.5, 0.6) is 0 Å². The number of hydrogen-bond acceptors (Lipinski definition) is 3. The number of thiocarbonyl (C=S) groups is 1. The van der Waals surface area contributed by atoms with Crippen LogP contribution in [0.25, 0.3) is 0 Å². The number of benzene rings is 4. The van der Waals surface area contributed by atoms with Crippen molar-refractivity contribution in [3.8, 4) is 0 Å². The van der Waals surface area contributed by atoms with Gasteiger partial charge in [0.25, 0.3) is 5.91 Å². The van der Waals surface area contributed by atoms with Crippen molar-refractivity contribution in [2.45, 2.75) is 32.1 Å². The summed E-state index contributed by atoms with van der Waals surface area (Å²) >= 11 is 5.45. The number of anilines is 2. The average Bonchev–Trinajstić information content (AvgIpc) is 2.90. The van der Waals surface area contributed by atoms with Crippen molar-refractivity contribution < 1.29 is 9.59 Å². The summed E-state index contributed by atoms with van der Waals surface area (Å²) in [6.45, 7) is 6.41. The first-order valence-corrected chi connectivity index (χ1v) is 12.9. The van der Waals surface area contributed by atoms with Gasteiger partial charge in [-0.3, -0.25) is 9.59 Å². The molecular formula is C32H31N3O2S. The molecule has 192 valence electrons. The van der Waals surface area contributed by atoms with Gasteiger partial charge in [-0.25, -0.2) is 0 Å². The second-order valence-corrected chi connectivity index (χ2v) is 10.5. The standard InChI is InChI=1S/C32H31N3O2S/c1-32(2,3)25-19-17-24(18-20-25)29(36)33-26-15-10-16-27(21-26)34-31(38)35-30(37)28(22-11-6-4-7-12-22)23-13-8-5-9-14-23/h4-21,28H,1-3H3,(H,33,36)(H2,34,35,37,38). The smallest absolute Gasteiger partial charge is 0.255 e. The molecule has 5 nitrogen and oxygen atoms in total. The number of carbonyl (C=O) groups excluding carboxylic acids is 2. The highest BCUT2D eigenvalue weighted by Crippen LogP contribution is 2.25. The predicted octanol–water partition coefficient (Wildman–Crippen LogP) is 6.88. The molecular weight excluding hydrogens is 490 g/mol. The van der Waals surface area contributed by atoms with E-state index in [1.165, 1.54) is 0 Å². The van der Waals surface area contributed by atoms with Gasteiger partial charge >= 0.3 is 0 Å². The quantitative estimate of drug-likeness (QED) is 0.242. The van der Waals surface area contributed by atoms with Crippen LogP contribution < -0.4 is 16.0 Å². The summed E-state index contributed by atoms with van der Waals surface area (Å²) in [6.07, 6.45) is 0. The normalized spacial score (nSPS) is 11.1. The topological polar surface area (TPSA) is 70.2 Å². The molecule has 4 rings (SSSR count). The third-order valence-electron chi connectivity index (χ3n) is 6.16. The van der Waals surface area contributed by atoms with Crippen LogP contribution in [0.1, 0.15) is 53.7 Å². The van der Waals surface area contributed by atoms with E-state index in [0.29, 0.717) is 16.9 Å². The van der Waals surface area contributed by atoms with Gasteiger partial charge in [-0.05, 0) is 64.7 Å². The van der Waals surface area contributed by atoms with E-state index in [0.717, 1.165) is 16.7 Å². The molecule has 4 aromatic carbocycles. The summed E-state index contributed by atoms with van der Waals surface area (Å²) in [6, 6.07) is 34.0. The van der Waals surface area contributed by atoms with Crippen LogP contribution in [-0.4, -0.2) is 16.9 Å². The highest BCUT2D eigenvalue weighted by atomic mass is 32.1. The van der Waals surface area contributed by atoms with Crippen molar-refractivity contribution >= 4 is 40.5 Å². The first-order valence-electron chi connectivity index (χ1n) is 12.4. The summed E-state index contributed by atoms with van der Waals surface area (Å²) in [5, 5.41) is 8.98. The largest absolute Gasteiger partial charge is 0.332 e. The molecule has 2 amide bonds. The molecule has 0 fully saturated rings. The maximum Gasteiger partial charge on any atom is 0.255 e. The SMILES string of the molecule is CC(C)(C)c1ccc(C(=O)Nc2cccc(NC(=S)NC(=O)C(c3ccccc3)c3ccccc3)c2)cc1. The zero-order valence-electron chi connectivity index (χ0n) is 21.7. The van der Waals surface area contributed by atoms with Crippen molar-refractivity contribution in [2.24, 2.45) is 0 Å². The summed E-state index contributed by atoms with van der Waals surface area (Å²) in [5.41, 5.74) is 4.76. The van der Waals surface area contributed by atoms with Crippen molar-refractivity contribution in [1.29, 1.82) is 0 Å². The van der Waals surface area contributed by atoms with Crippen LogP contribution in [0.3, 0.4) is 0 Å². The Hall–Kier alpha value is -4.29. The van der Waals surface area contributed by atoms with Crippen LogP contribution in [-0.2, 0) is 10.2 Å². The lowest BCUT2D eigenvalue weighted by Crippen LogP contribution is -2.37. The van der Waals surface area contributed by atoms with E-state index in [-0.39, 0.29) is 22.3 Å². The third-order valence-corrected chi connectivity index (χ3v) is 6.36. The third kappa shape index (κ3) is 6.93. The lowest BCUT2D eigenvalue weighted by Gasteiger charge is -2.19. The highest BCUT2D eigenvalue weighted by Gasteiger charge is 2.23. The number of rotatable bonds is 6. The fourth-order valence-electron chi connectivity index (χ4n) is 4.13. The van der Waals surface area contributed by atoms with Crippen molar-refractivity contribution in [3.63, 3.8) is 0 Å². The summed E-state index contributed by atoms with van der Waals surface area (Å²) in [5.74, 6) is -0.942. The van der Waals surface area contributed by atoms with Crippen molar-refractivity contribution in [1.82, 2.24) is 5.32 Å². The van der Waals surface area contributed by atoms with E-state index in [1.807, 2.05) is 97.1 Å². The molecule has 0 saturated heterocycles. The van der Waals surface area contributed by atoms with Crippen molar-refractivity contribution in [2.75, 3.05) is 10.6 Å². The molecule has 6 heteroatoms. The summed E-state index contributed by atoms with van der Waals surface area (Å²) < 4.78 is 0. The molecule has 0 aliphatic heterocycles. The number of amides is 2. The molecule has 0 radical (unpaired) electrons. The van der Waals surface area contributed by atoms with Crippen LogP contribution >= 0.6 is 12.2 Å². The zero-order chi connectivity index (χ0) is 27.1. The minimum Gasteiger partial charge on any atom is -0.332 e. The minimum atomic E-state index is -0.507. The Balaban J connectivity index is 1.42. The molecule has 3 N–H and O–H groups in total. The molecule has 0 aliphatic rings. The maximum atomic E-state index is 13.3. The maximum absolute atomic E-state index is 13.3. The Morgan fingerprint density at radius 2 is 1.21 bits per heavy atom. The van der Waals surface area contributed by atoms with Gasteiger partial charge in [0, 0.05) is 16.9 Å². The predicted molar refractivity (Wildman–Crippen MR) is 159 cm³/mol. The van der Waals surface area contributed by atoms with Gasteiger partial charge in [-0.1, -0.05) is 99.6 Å². The monoisotopic (exact) mass is 521 g/mol. The van der Waals surface area contributed by atoms with Gasteiger partial charge in [0.2, 0.25) is 5.91 Å². The molecule has 0 aromatic heterocycles. The van der Waals surface area contributed by atoms with Gasteiger partial charge in [-0.15, -0.1) is 0 Å². The molecule has 0 unspecified atom stereocenters. The molecule has 0 spiro atoms. The fraction of sp³-hybridized carbons (Fsp3) is 0.156. The lowest BCUT2D eigenvalue weighted by atomic mass is 9.87. The number of hydrogen-bond donors (Lipinski definition) is 3. The van der Waals surface area contributed by atoms with E-state index in [4.69, 9.17) is 12.2 Å². The highest BCUT2D eigenvalue weighted by molar-refractivity contribution is 7.80. The van der Waals surface area contributed by atoms with Crippen molar-refractivity contribution in [3.05, 3.63) is 131 Å². The van der Waals surface area contributed by atoms with E-state index in [2.05, 4.69) is 36.7 Å². The number of nitrogens with one attached hydrogen (secondary N) is 3. The van der Waals surface area contributed by atoms with E-state index >= 15 is 0 Å². The summed E-state index contributed by atoms with van der Waals surface area (Å²) in [7, 11) is 0. The Kier molecular flexibility index (Phi) is 8.34. The Morgan fingerprint density at radius 3 is 1.74 bits per heavy atom. The van der Waals surface area contributed by atoms with Gasteiger partial charge in [0.15, 0.2) is 5.11 Å². The molecule has 0 atom stereocenters. The van der Waals surface area contributed by atoms with Gasteiger partial charge in [-0.2, -0.15) is 0 Å². The van der Waals surface area contributed by atoms with Crippen LogP contribution in [0.15, 0.2) is 109 Å². The van der Waals surface area contributed by atoms with Crippen LogP contribution in [0.2, 0.25) is 0 Å². The molecule has 38 heavy (non-hydrogen) atoms. The Bertz CT molecular complexity index is 1370. The van der Waals surface area contributed by atoms with Gasteiger partial charge < -0.3 is 16.0 Å². The molecule has 0 saturated carbocycles. The first kappa shape index (κ1) is 26.8. The molecule has 0 heterocycles. The first-order chi connectivity index (χ1) is 18.2. The fourth-order valence-corrected chi connectivity index (χ4v) is 4.35.